The maximum absolute atomic E-state index is 2.44. The SMILES string of the molecule is c1ccc(-c2ccc(N(c3cccc(-c4cccc5sc6ccccc6c45)c3)c3cccc4c3ccc3sc5ccccc5c34)cc2)cc1. The van der Waals surface area contributed by atoms with Crippen LogP contribution in [0.15, 0.2) is 176 Å². The van der Waals surface area contributed by atoms with Crippen LogP contribution in [0.4, 0.5) is 17.1 Å². The van der Waals surface area contributed by atoms with Crippen molar-refractivity contribution in [2.24, 2.45) is 0 Å². The van der Waals surface area contributed by atoms with Crippen LogP contribution in [-0.2, 0) is 0 Å². The summed E-state index contributed by atoms with van der Waals surface area (Å²) in [6, 6.07) is 64.4. The number of fused-ring (bicyclic) bond motifs is 8. The molecule has 0 saturated heterocycles. The highest BCUT2D eigenvalue weighted by atomic mass is 32.1. The Balaban J connectivity index is 1.20. The van der Waals surface area contributed by atoms with Crippen LogP contribution in [0.2, 0.25) is 0 Å². The molecule has 0 spiro atoms. The quantitative estimate of drug-likeness (QED) is 0.178. The van der Waals surface area contributed by atoms with Crippen LogP contribution in [0.3, 0.4) is 0 Å². The molecule has 2 aromatic heterocycles. The lowest BCUT2D eigenvalue weighted by atomic mass is 9.98. The molecule has 10 rings (SSSR count). The first-order chi connectivity index (χ1) is 24.3. The van der Waals surface area contributed by atoms with Crippen LogP contribution in [0.1, 0.15) is 0 Å². The van der Waals surface area contributed by atoms with Gasteiger partial charge in [-0.05, 0) is 82.2 Å². The molecule has 0 aliphatic heterocycles. The monoisotopic (exact) mass is 659 g/mol. The Morgan fingerprint density at radius 2 is 0.918 bits per heavy atom. The van der Waals surface area contributed by atoms with E-state index in [-0.39, 0.29) is 0 Å². The second-order valence-electron chi connectivity index (χ2n) is 12.5. The van der Waals surface area contributed by atoms with Crippen molar-refractivity contribution in [3.05, 3.63) is 176 Å². The third-order valence-corrected chi connectivity index (χ3v) is 11.9. The lowest BCUT2D eigenvalue weighted by Crippen LogP contribution is -2.10. The lowest BCUT2D eigenvalue weighted by molar-refractivity contribution is 1.30. The van der Waals surface area contributed by atoms with Crippen molar-refractivity contribution < 1.29 is 0 Å². The summed E-state index contributed by atoms with van der Waals surface area (Å²) in [5.74, 6) is 0. The average molecular weight is 660 g/mol. The van der Waals surface area contributed by atoms with Gasteiger partial charge < -0.3 is 4.90 Å². The molecule has 0 bridgehead atoms. The minimum absolute atomic E-state index is 1.12. The number of anilines is 3. The minimum Gasteiger partial charge on any atom is -0.310 e. The van der Waals surface area contributed by atoms with E-state index in [4.69, 9.17) is 0 Å². The normalized spacial score (nSPS) is 11.7. The molecular weight excluding hydrogens is 631 g/mol. The molecule has 0 atom stereocenters. The van der Waals surface area contributed by atoms with Crippen molar-refractivity contribution in [3.8, 4) is 22.3 Å². The van der Waals surface area contributed by atoms with Gasteiger partial charge >= 0.3 is 0 Å². The largest absolute Gasteiger partial charge is 0.310 e. The summed E-state index contributed by atoms with van der Waals surface area (Å²) in [4.78, 5) is 2.44. The predicted molar refractivity (Wildman–Crippen MR) is 215 cm³/mol. The predicted octanol–water partition coefficient (Wildman–Crippen LogP) is 14.4. The Hall–Kier alpha value is -5.74. The molecule has 0 aliphatic carbocycles. The molecule has 49 heavy (non-hydrogen) atoms. The second-order valence-corrected chi connectivity index (χ2v) is 14.7. The highest BCUT2D eigenvalue weighted by Gasteiger charge is 2.19. The number of benzene rings is 8. The molecule has 0 fully saturated rings. The van der Waals surface area contributed by atoms with Gasteiger partial charge in [0.15, 0.2) is 0 Å². The number of thiophene rings is 2. The zero-order chi connectivity index (χ0) is 32.3. The van der Waals surface area contributed by atoms with Gasteiger partial charge in [-0.1, -0.05) is 121 Å². The molecule has 0 amide bonds. The van der Waals surface area contributed by atoms with E-state index in [0.717, 1.165) is 11.4 Å². The molecule has 1 nitrogen and oxygen atoms in total. The average Bonchev–Trinajstić information content (AvgIpc) is 3.75. The van der Waals surface area contributed by atoms with Gasteiger partial charge in [0, 0.05) is 57.1 Å². The molecule has 0 N–H and O–H groups in total. The van der Waals surface area contributed by atoms with Gasteiger partial charge in [-0.15, -0.1) is 22.7 Å². The second kappa shape index (κ2) is 11.5. The Morgan fingerprint density at radius 1 is 0.327 bits per heavy atom. The van der Waals surface area contributed by atoms with Gasteiger partial charge in [0.05, 0.1) is 5.69 Å². The fourth-order valence-corrected chi connectivity index (χ4v) is 9.70. The van der Waals surface area contributed by atoms with E-state index in [9.17, 15) is 0 Å². The van der Waals surface area contributed by atoms with Crippen molar-refractivity contribution in [3.63, 3.8) is 0 Å². The molecule has 8 aromatic carbocycles. The Morgan fingerprint density at radius 3 is 1.71 bits per heavy atom. The molecule has 10 aromatic rings. The van der Waals surface area contributed by atoms with Crippen LogP contribution in [-0.4, -0.2) is 0 Å². The third-order valence-electron chi connectivity index (χ3n) is 9.67. The first kappa shape index (κ1) is 28.3. The van der Waals surface area contributed by atoms with Crippen LogP contribution in [0.5, 0.6) is 0 Å². The van der Waals surface area contributed by atoms with E-state index in [2.05, 4.69) is 181 Å². The zero-order valence-corrected chi connectivity index (χ0v) is 28.1. The summed E-state index contributed by atoms with van der Waals surface area (Å²) < 4.78 is 5.29. The third kappa shape index (κ3) is 4.66. The highest BCUT2D eigenvalue weighted by molar-refractivity contribution is 7.26. The standard InChI is InChI=1S/C46H29NS2/c1-2-11-30(12-3-1)31-23-25-33(26-24-31)47(40-19-9-18-37-36(40)27-28-44-46(37)39-16-5-7-21-42(39)49-44)34-14-8-13-32(29-34)35-17-10-22-43-45(35)38-15-4-6-20-41(38)48-43/h1-29H. The van der Waals surface area contributed by atoms with E-state index in [1.807, 2.05) is 22.7 Å². The van der Waals surface area contributed by atoms with Gasteiger partial charge in [0.2, 0.25) is 0 Å². The van der Waals surface area contributed by atoms with E-state index in [0.29, 0.717) is 0 Å². The van der Waals surface area contributed by atoms with Crippen LogP contribution in [0.25, 0.3) is 73.4 Å². The smallest absolute Gasteiger partial charge is 0.0540 e. The molecule has 0 radical (unpaired) electrons. The van der Waals surface area contributed by atoms with Gasteiger partial charge in [0.1, 0.15) is 0 Å². The lowest BCUT2D eigenvalue weighted by Gasteiger charge is -2.28. The van der Waals surface area contributed by atoms with Crippen LogP contribution < -0.4 is 4.90 Å². The topological polar surface area (TPSA) is 3.24 Å². The number of rotatable bonds is 5. The maximum atomic E-state index is 2.44. The van der Waals surface area contributed by atoms with Gasteiger partial charge in [-0.3, -0.25) is 0 Å². The van der Waals surface area contributed by atoms with Crippen molar-refractivity contribution in [2.45, 2.75) is 0 Å². The van der Waals surface area contributed by atoms with Crippen molar-refractivity contribution in [1.29, 1.82) is 0 Å². The fraction of sp³-hybridized carbons (Fsp3) is 0. The van der Waals surface area contributed by atoms with Crippen LogP contribution in [0, 0.1) is 0 Å². The number of hydrogen-bond acceptors (Lipinski definition) is 3. The van der Waals surface area contributed by atoms with E-state index >= 15 is 0 Å². The van der Waals surface area contributed by atoms with Gasteiger partial charge in [0.25, 0.3) is 0 Å². The minimum atomic E-state index is 1.12. The van der Waals surface area contributed by atoms with E-state index < -0.39 is 0 Å². The Labute approximate surface area is 292 Å². The molecular formula is C46H29NS2. The van der Waals surface area contributed by atoms with E-state index in [1.165, 1.54) is 79.1 Å². The molecule has 0 unspecified atom stereocenters. The summed E-state index contributed by atoms with van der Waals surface area (Å²) in [5, 5.41) is 7.83. The first-order valence-corrected chi connectivity index (χ1v) is 18.2. The van der Waals surface area contributed by atoms with Crippen molar-refractivity contribution >= 4 is 90.9 Å². The Bertz CT molecular complexity index is 2830. The molecule has 2 heterocycles. The molecule has 0 aliphatic rings. The van der Waals surface area contributed by atoms with Crippen molar-refractivity contribution in [2.75, 3.05) is 4.90 Å². The van der Waals surface area contributed by atoms with Gasteiger partial charge in [-0.25, -0.2) is 0 Å². The highest BCUT2D eigenvalue weighted by Crippen LogP contribution is 2.46. The molecule has 3 heteroatoms. The number of hydrogen-bond donors (Lipinski definition) is 0. The summed E-state index contributed by atoms with van der Waals surface area (Å²) in [6.45, 7) is 0. The van der Waals surface area contributed by atoms with E-state index in [1.54, 1.807) is 0 Å². The van der Waals surface area contributed by atoms with Crippen molar-refractivity contribution in [1.82, 2.24) is 0 Å². The summed E-state index contributed by atoms with van der Waals surface area (Å²) in [7, 11) is 0. The molecule has 230 valence electrons. The molecule has 0 saturated carbocycles. The summed E-state index contributed by atoms with van der Waals surface area (Å²) in [6.07, 6.45) is 0. The van der Waals surface area contributed by atoms with Gasteiger partial charge in [-0.2, -0.15) is 0 Å². The summed E-state index contributed by atoms with van der Waals surface area (Å²) in [5.41, 5.74) is 8.32. The van der Waals surface area contributed by atoms with Crippen LogP contribution >= 0.6 is 22.7 Å². The maximum Gasteiger partial charge on any atom is 0.0540 e. The Kier molecular flexibility index (Phi) is 6.61. The first-order valence-electron chi connectivity index (χ1n) is 16.6. The number of nitrogens with zero attached hydrogens (tertiary/aromatic N) is 1. The fourth-order valence-electron chi connectivity index (χ4n) is 7.45. The zero-order valence-electron chi connectivity index (χ0n) is 26.5. The summed E-state index contributed by atoms with van der Waals surface area (Å²) >= 11 is 3.74.